The molecule has 1 unspecified atom stereocenters. The third kappa shape index (κ3) is 2.82. The maximum Gasteiger partial charge on any atom is 1.00 e. The normalized spacial score (nSPS) is 26.1. The van der Waals surface area contributed by atoms with Crippen LogP contribution < -0.4 is 18.9 Å². The largest absolute Gasteiger partial charge is 1.00 e. The molecule has 10 heavy (non-hydrogen) atoms. The van der Waals surface area contributed by atoms with Gasteiger partial charge in [-0.1, -0.05) is 31.6 Å². The zero-order chi connectivity index (χ0) is 6.91. The molecule has 0 aliphatic heterocycles. The maximum atomic E-state index is 2.48. The van der Waals surface area contributed by atoms with Crippen molar-refractivity contribution in [2.75, 3.05) is 0 Å². The fourth-order valence-electron chi connectivity index (χ4n) is 1.54. The zero-order valence-electron chi connectivity index (χ0n) is 7.78. The monoisotopic (exact) mass is 148 g/mol. The van der Waals surface area contributed by atoms with E-state index in [0.717, 1.165) is 5.54 Å². The van der Waals surface area contributed by atoms with E-state index in [9.17, 15) is 0 Å². The van der Waals surface area contributed by atoms with Crippen LogP contribution in [0.2, 0.25) is 25.2 Å². The fraction of sp³-hybridized carbons (Fsp3) is 0.875. The van der Waals surface area contributed by atoms with E-state index in [1.54, 1.807) is 0 Å². The average Bonchev–Trinajstić information content (AvgIpc) is 2.08. The van der Waals surface area contributed by atoms with E-state index in [4.69, 9.17) is 0 Å². The van der Waals surface area contributed by atoms with Crippen molar-refractivity contribution >= 4 is 8.07 Å². The Morgan fingerprint density at radius 3 is 2.10 bits per heavy atom. The molecule has 0 saturated heterocycles. The Hall–Kier alpha value is 0.814. The average molecular weight is 148 g/mol. The van der Waals surface area contributed by atoms with Gasteiger partial charge in [0.1, 0.15) is 0 Å². The second-order valence-electron chi connectivity index (χ2n) is 4.16. The van der Waals surface area contributed by atoms with E-state index in [-0.39, 0.29) is 18.9 Å². The van der Waals surface area contributed by atoms with E-state index in [0.29, 0.717) is 0 Å². The van der Waals surface area contributed by atoms with E-state index < -0.39 is 8.07 Å². The van der Waals surface area contributed by atoms with Gasteiger partial charge in [0.05, 0.1) is 0 Å². The molecule has 1 atom stereocenters. The van der Waals surface area contributed by atoms with Crippen LogP contribution in [0.25, 0.3) is 0 Å². The van der Waals surface area contributed by atoms with Gasteiger partial charge in [0.15, 0.2) is 0 Å². The summed E-state index contributed by atoms with van der Waals surface area (Å²) in [6.07, 6.45) is 6.74. The van der Waals surface area contributed by atoms with Crippen LogP contribution in [0.1, 0.15) is 19.3 Å². The summed E-state index contributed by atoms with van der Waals surface area (Å²) < 4.78 is 0. The molecular weight excluding hydrogens is 131 g/mol. The molecule has 1 aliphatic carbocycles. The Kier molecular flexibility index (Phi) is 4.32. The molecule has 0 aromatic heterocycles. The van der Waals surface area contributed by atoms with Crippen molar-refractivity contribution in [2.24, 2.45) is 0 Å². The SMILES string of the molecule is C[Si](C)(C)C1C[CH-]CC1.[Li+]. The molecule has 0 spiro atoms. The van der Waals surface area contributed by atoms with Crippen LogP contribution in [0.4, 0.5) is 0 Å². The van der Waals surface area contributed by atoms with E-state index in [2.05, 4.69) is 26.1 Å². The Balaban J connectivity index is 0.000000810. The van der Waals surface area contributed by atoms with Crippen LogP contribution in [0, 0.1) is 6.42 Å². The van der Waals surface area contributed by atoms with Gasteiger partial charge in [-0.2, -0.15) is 12.8 Å². The Bertz CT molecular complexity index is 89.9. The predicted molar refractivity (Wildman–Crippen MR) is 45.2 cm³/mol. The van der Waals surface area contributed by atoms with Gasteiger partial charge >= 0.3 is 18.9 Å². The summed E-state index contributed by atoms with van der Waals surface area (Å²) in [7, 11) is -0.755. The van der Waals surface area contributed by atoms with Crippen molar-refractivity contribution in [1.82, 2.24) is 0 Å². The third-order valence-electron chi connectivity index (χ3n) is 2.40. The minimum absolute atomic E-state index is 0. The van der Waals surface area contributed by atoms with Gasteiger partial charge in [-0.3, -0.25) is 0 Å². The molecule has 0 bridgehead atoms. The first-order valence-electron chi connectivity index (χ1n) is 3.92. The van der Waals surface area contributed by atoms with Crippen LogP contribution in [-0.4, -0.2) is 8.07 Å². The van der Waals surface area contributed by atoms with E-state index in [1.165, 1.54) is 19.3 Å². The maximum absolute atomic E-state index is 2.48. The molecule has 0 aromatic rings. The summed E-state index contributed by atoms with van der Waals surface area (Å²) in [4.78, 5) is 0. The zero-order valence-corrected chi connectivity index (χ0v) is 8.78. The first kappa shape index (κ1) is 10.8. The van der Waals surface area contributed by atoms with Crippen molar-refractivity contribution in [3.8, 4) is 0 Å². The molecule has 0 N–H and O–H groups in total. The second-order valence-corrected chi connectivity index (χ2v) is 9.71. The summed E-state index contributed by atoms with van der Waals surface area (Å²) in [5.74, 6) is 0. The molecule has 1 rings (SSSR count). The first-order chi connectivity index (χ1) is 4.11. The Morgan fingerprint density at radius 2 is 1.90 bits per heavy atom. The predicted octanol–water partition coefficient (Wildman–Crippen LogP) is 0.0870. The molecule has 1 saturated carbocycles. The van der Waals surface area contributed by atoms with Crippen LogP contribution in [0.5, 0.6) is 0 Å². The molecule has 0 heterocycles. The van der Waals surface area contributed by atoms with Crippen molar-refractivity contribution in [3.63, 3.8) is 0 Å². The van der Waals surface area contributed by atoms with Crippen LogP contribution in [0.3, 0.4) is 0 Å². The van der Waals surface area contributed by atoms with Crippen molar-refractivity contribution in [3.05, 3.63) is 6.42 Å². The molecule has 2 heteroatoms. The molecule has 1 fully saturated rings. The van der Waals surface area contributed by atoms with Crippen LogP contribution in [-0.2, 0) is 0 Å². The molecule has 0 aromatic carbocycles. The minimum Gasteiger partial charge on any atom is -0.328 e. The van der Waals surface area contributed by atoms with Gasteiger partial charge in [-0.05, 0) is 0 Å². The smallest absolute Gasteiger partial charge is 0.328 e. The number of hydrogen-bond donors (Lipinski definition) is 0. The Morgan fingerprint density at radius 1 is 1.30 bits per heavy atom. The quantitative estimate of drug-likeness (QED) is 0.365. The van der Waals surface area contributed by atoms with Crippen molar-refractivity contribution < 1.29 is 18.9 Å². The van der Waals surface area contributed by atoms with Crippen LogP contribution in [0.15, 0.2) is 0 Å². The third-order valence-corrected chi connectivity index (χ3v) is 5.37. The van der Waals surface area contributed by atoms with Crippen LogP contribution >= 0.6 is 0 Å². The standard InChI is InChI=1S/C8H17Si.Li/c1-9(2,3)8-6-4-5-7-8;/h4,8H,5-7H2,1-3H3;/q-1;+1. The van der Waals surface area contributed by atoms with Gasteiger partial charge < -0.3 is 6.42 Å². The number of hydrogen-bond acceptors (Lipinski definition) is 0. The molecule has 54 valence electrons. The van der Waals surface area contributed by atoms with Gasteiger partial charge in [-0.15, -0.1) is 0 Å². The molecule has 0 amide bonds. The van der Waals surface area contributed by atoms with Gasteiger partial charge in [-0.25, -0.2) is 0 Å². The van der Waals surface area contributed by atoms with E-state index >= 15 is 0 Å². The van der Waals surface area contributed by atoms with Gasteiger partial charge in [0, 0.05) is 8.07 Å². The van der Waals surface area contributed by atoms with Gasteiger partial charge in [0.2, 0.25) is 0 Å². The first-order valence-corrected chi connectivity index (χ1v) is 7.50. The molecule has 0 nitrogen and oxygen atoms in total. The summed E-state index contributed by atoms with van der Waals surface area (Å²) >= 11 is 0. The topological polar surface area (TPSA) is 0 Å². The summed E-state index contributed by atoms with van der Waals surface area (Å²) in [6.45, 7) is 7.45. The van der Waals surface area contributed by atoms with Gasteiger partial charge in [0.25, 0.3) is 0 Å². The Labute approximate surface area is 78.0 Å². The summed E-state index contributed by atoms with van der Waals surface area (Å²) in [5.41, 5.74) is 1.09. The molecule has 1 aliphatic rings. The van der Waals surface area contributed by atoms with Crippen molar-refractivity contribution in [1.29, 1.82) is 0 Å². The fourth-order valence-corrected chi connectivity index (χ4v) is 3.45. The van der Waals surface area contributed by atoms with E-state index in [1.807, 2.05) is 0 Å². The molecule has 0 radical (unpaired) electrons. The summed E-state index contributed by atoms with van der Waals surface area (Å²) in [6, 6.07) is 0. The number of rotatable bonds is 1. The molecular formula is C8H17LiSi. The summed E-state index contributed by atoms with van der Waals surface area (Å²) in [5, 5.41) is 0. The van der Waals surface area contributed by atoms with Crippen molar-refractivity contribution in [2.45, 2.75) is 44.4 Å². The minimum atomic E-state index is -0.755. The second kappa shape index (κ2) is 4.00.